The lowest BCUT2D eigenvalue weighted by molar-refractivity contribution is 0.631. The molecule has 0 aliphatic carbocycles. The van der Waals surface area contributed by atoms with Gasteiger partial charge in [0.2, 0.25) is 0 Å². The maximum absolute atomic E-state index is 4.67. The summed E-state index contributed by atoms with van der Waals surface area (Å²) >= 11 is 1.57. The fourth-order valence-corrected chi connectivity index (χ4v) is 3.21. The zero-order chi connectivity index (χ0) is 16.5. The van der Waals surface area contributed by atoms with Crippen LogP contribution in [-0.2, 0) is 0 Å². The molecule has 3 aromatic heterocycles. The van der Waals surface area contributed by atoms with Gasteiger partial charge in [-0.15, -0.1) is 15.3 Å². The number of piperazine rings is 1. The van der Waals surface area contributed by atoms with Gasteiger partial charge in [-0.1, -0.05) is 11.8 Å². The van der Waals surface area contributed by atoms with E-state index in [0.29, 0.717) is 0 Å². The Labute approximate surface area is 143 Å². The van der Waals surface area contributed by atoms with Gasteiger partial charge in [-0.2, -0.15) is 4.52 Å². The lowest BCUT2D eigenvalue weighted by Gasteiger charge is -2.36. The van der Waals surface area contributed by atoms with E-state index >= 15 is 0 Å². The van der Waals surface area contributed by atoms with E-state index in [1.165, 1.54) is 0 Å². The van der Waals surface area contributed by atoms with Gasteiger partial charge in [-0.3, -0.25) is 0 Å². The Morgan fingerprint density at radius 2 is 1.88 bits per heavy atom. The second-order valence-electron chi connectivity index (χ2n) is 5.66. The van der Waals surface area contributed by atoms with Crippen molar-refractivity contribution in [1.29, 1.82) is 0 Å². The molecule has 1 fully saturated rings. The highest BCUT2D eigenvalue weighted by molar-refractivity contribution is 7.98. The first-order chi connectivity index (χ1) is 11.7. The molecule has 3 aromatic rings. The number of rotatable bonds is 3. The molecule has 0 N–H and O–H groups in total. The summed E-state index contributed by atoms with van der Waals surface area (Å²) in [7, 11) is 0. The monoisotopic (exact) mass is 342 g/mol. The smallest absolute Gasteiger partial charge is 0.189 e. The standard InChI is InChI=1S/C15H18N8S/c1-11-9-16-15(24-2)18-14(11)22-7-5-21(6-8-22)13-4-3-12-19-17-10-23(12)20-13/h3-4,9-10H,5-8H2,1-2H3. The first kappa shape index (κ1) is 15.1. The van der Waals surface area contributed by atoms with Gasteiger partial charge in [0.1, 0.15) is 18.0 Å². The lowest BCUT2D eigenvalue weighted by Crippen LogP contribution is -2.47. The lowest BCUT2D eigenvalue weighted by atomic mass is 10.2. The SMILES string of the molecule is CSc1ncc(C)c(N2CCN(c3ccc4nncn4n3)CC2)n1. The van der Waals surface area contributed by atoms with Crippen molar-refractivity contribution >= 4 is 29.0 Å². The van der Waals surface area contributed by atoms with Gasteiger partial charge in [0.15, 0.2) is 10.8 Å². The summed E-state index contributed by atoms with van der Waals surface area (Å²) in [5, 5.41) is 13.3. The first-order valence-corrected chi connectivity index (χ1v) is 9.01. The average molecular weight is 342 g/mol. The largest absolute Gasteiger partial charge is 0.353 e. The average Bonchev–Trinajstić information content (AvgIpc) is 3.10. The predicted molar refractivity (Wildman–Crippen MR) is 93.8 cm³/mol. The molecule has 0 aromatic carbocycles. The minimum Gasteiger partial charge on any atom is -0.353 e. The number of anilines is 2. The van der Waals surface area contributed by atoms with Crippen LogP contribution in [0, 0.1) is 6.92 Å². The Balaban J connectivity index is 1.50. The van der Waals surface area contributed by atoms with E-state index in [9.17, 15) is 0 Å². The highest BCUT2D eigenvalue weighted by Gasteiger charge is 2.21. The van der Waals surface area contributed by atoms with Crippen molar-refractivity contribution in [2.45, 2.75) is 12.1 Å². The van der Waals surface area contributed by atoms with Crippen molar-refractivity contribution in [2.75, 3.05) is 42.2 Å². The van der Waals surface area contributed by atoms with Gasteiger partial charge in [-0.05, 0) is 25.3 Å². The molecule has 24 heavy (non-hydrogen) atoms. The minimum absolute atomic E-state index is 0.763. The van der Waals surface area contributed by atoms with Gasteiger partial charge >= 0.3 is 0 Å². The van der Waals surface area contributed by atoms with Gasteiger partial charge in [-0.25, -0.2) is 9.97 Å². The van der Waals surface area contributed by atoms with Crippen LogP contribution in [0.3, 0.4) is 0 Å². The molecule has 4 rings (SSSR count). The fraction of sp³-hybridized carbons (Fsp3) is 0.400. The number of thioether (sulfide) groups is 1. The van der Waals surface area contributed by atoms with Crippen LogP contribution in [-0.4, -0.2) is 62.2 Å². The number of hydrogen-bond donors (Lipinski definition) is 0. The summed E-state index contributed by atoms with van der Waals surface area (Å²) in [5.41, 5.74) is 1.88. The maximum Gasteiger partial charge on any atom is 0.189 e. The molecular weight excluding hydrogens is 324 g/mol. The Morgan fingerprint density at radius 3 is 2.67 bits per heavy atom. The van der Waals surface area contributed by atoms with Crippen LogP contribution in [0.4, 0.5) is 11.6 Å². The number of aromatic nitrogens is 6. The summed E-state index contributed by atoms with van der Waals surface area (Å²) in [6.07, 6.45) is 5.53. The fourth-order valence-electron chi connectivity index (χ4n) is 2.87. The Morgan fingerprint density at radius 1 is 1.08 bits per heavy atom. The molecule has 1 saturated heterocycles. The molecule has 124 valence electrons. The Kier molecular flexibility index (Phi) is 3.93. The normalized spacial score (nSPS) is 15.2. The summed E-state index contributed by atoms with van der Waals surface area (Å²) in [6.45, 7) is 5.69. The van der Waals surface area contributed by atoms with E-state index in [0.717, 1.165) is 54.2 Å². The second kappa shape index (κ2) is 6.23. The van der Waals surface area contributed by atoms with E-state index in [4.69, 9.17) is 0 Å². The Hall–Kier alpha value is -2.42. The van der Waals surface area contributed by atoms with Crippen molar-refractivity contribution < 1.29 is 0 Å². The zero-order valence-corrected chi connectivity index (χ0v) is 14.4. The van der Waals surface area contributed by atoms with E-state index in [1.54, 1.807) is 22.6 Å². The third-order valence-corrected chi connectivity index (χ3v) is 4.72. The summed E-state index contributed by atoms with van der Waals surface area (Å²) in [5.74, 6) is 1.99. The number of fused-ring (bicyclic) bond motifs is 1. The maximum atomic E-state index is 4.67. The van der Waals surface area contributed by atoms with E-state index in [1.807, 2.05) is 24.6 Å². The number of nitrogens with zero attached hydrogens (tertiary/aromatic N) is 8. The topological polar surface area (TPSA) is 75.3 Å². The highest BCUT2D eigenvalue weighted by Crippen LogP contribution is 2.22. The van der Waals surface area contributed by atoms with Crippen LogP contribution in [0.15, 0.2) is 29.8 Å². The Bertz CT molecular complexity index is 856. The number of aryl methyl sites for hydroxylation is 1. The molecule has 4 heterocycles. The predicted octanol–water partition coefficient (Wildman–Crippen LogP) is 1.27. The van der Waals surface area contributed by atoms with Crippen molar-refractivity contribution in [3.8, 4) is 0 Å². The van der Waals surface area contributed by atoms with Crippen LogP contribution in [0.1, 0.15) is 5.56 Å². The second-order valence-corrected chi connectivity index (χ2v) is 6.44. The summed E-state index contributed by atoms with van der Waals surface area (Å²) in [6, 6.07) is 3.95. The van der Waals surface area contributed by atoms with E-state index in [2.05, 4.69) is 42.0 Å². The molecular formula is C15H18N8S. The van der Waals surface area contributed by atoms with Gasteiger partial charge < -0.3 is 9.80 Å². The first-order valence-electron chi connectivity index (χ1n) is 7.79. The van der Waals surface area contributed by atoms with Crippen LogP contribution in [0.5, 0.6) is 0 Å². The van der Waals surface area contributed by atoms with Gasteiger partial charge in [0.05, 0.1) is 0 Å². The molecule has 8 nitrogen and oxygen atoms in total. The van der Waals surface area contributed by atoms with E-state index in [-0.39, 0.29) is 0 Å². The molecule has 9 heteroatoms. The molecule has 0 radical (unpaired) electrons. The molecule has 0 bridgehead atoms. The van der Waals surface area contributed by atoms with Crippen LogP contribution >= 0.6 is 11.8 Å². The third-order valence-electron chi connectivity index (χ3n) is 4.16. The van der Waals surface area contributed by atoms with Crippen LogP contribution in [0.2, 0.25) is 0 Å². The zero-order valence-electron chi connectivity index (χ0n) is 13.6. The van der Waals surface area contributed by atoms with Crippen LogP contribution < -0.4 is 9.80 Å². The van der Waals surface area contributed by atoms with Crippen molar-refractivity contribution in [1.82, 2.24) is 29.8 Å². The quantitative estimate of drug-likeness (QED) is 0.520. The van der Waals surface area contributed by atoms with Crippen molar-refractivity contribution in [3.05, 3.63) is 30.2 Å². The molecule has 0 spiro atoms. The molecule has 0 unspecified atom stereocenters. The number of hydrogen-bond acceptors (Lipinski definition) is 8. The summed E-state index contributed by atoms with van der Waals surface area (Å²) < 4.78 is 1.71. The van der Waals surface area contributed by atoms with Gasteiger partial charge in [0, 0.05) is 37.9 Å². The molecule has 0 atom stereocenters. The van der Waals surface area contributed by atoms with Crippen molar-refractivity contribution in [3.63, 3.8) is 0 Å². The molecule has 1 aliphatic heterocycles. The highest BCUT2D eigenvalue weighted by atomic mass is 32.2. The van der Waals surface area contributed by atoms with Gasteiger partial charge in [0.25, 0.3) is 0 Å². The molecule has 0 amide bonds. The molecule has 1 aliphatic rings. The van der Waals surface area contributed by atoms with E-state index < -0.39 is 0 Å². The summed E-state index contributed by atoms with van der Waals surface area (Å²) in [4.78, 5) is 13.6. The van der Waals surface area contributed by atoms with Crippen LogP contribution in [0.25, 0.3) is 5.65 Å². The third kappa shape index (κ3) is 2.75. The van der Waals surface area contributed by atoms with Crippen molar-refractivity contribution in [2.24, 2.45) is 0 Å². The molecule has 0 saturated carbocycles. The minimum atomic E-state index is 0.763.